The van der Waals surface area contributed by atoms with E-state index in [2.05, 4.69) is 31.2 Å². The normalized spacial score (nSPS) is 31.8. The van der Waals surface area contributed by atoms with Gasteiger partial charge in [-0.25, -0.2) is 0 Å². The number of alkyl halides is 1. The van der Waals surface area contributed by atoms with Crippen LogP contribution in [-0.2, 0) is 11.8 Å². The monoisotopic (exact) mass is 262 g/mol. The van der Waals surface area contributed by atoms with E-state index in [1.807, 2.05) is 0 Å². The van der Waals surface area contributed by atoms with Gasteiger partial charge in [-0.3, -0.25) is 0 Å². The molecule has 1 unspecified atom stereocenters. The van der Waals surface area contributed by atoms with Crippen molar-refractivity contribution in [3.8, 4) is 0 Å². The average molecular weight is 263 g/mol. The molecule has 0 radical (unpaired) electrons. The molecule has 0 spiro atoms. The fraction of sp³-hybridized carbons (Fsp3) is 0.647. The second-order valence-electron chi connectivity index (χ2n) is 6.59. The summed E-state index contributed by atoms with van der Waals surface area (Å²) in [7, 11) is 0. The number of hydrogen-bond acceptors (Lipinski definition) is 0. The van der Waals surface area contributed by atoms with E-state index in [4.69, 9.17) is 11.6 Å². The summed E-state index contributed by atoms with van der Waals surface area (Å²) in [6.45, 7) is 2.22. The molecule has 2 fully saturated rings. The zero-order chi connectivity index (χ0) is 12.6. The van der Waals surface area contributed by atoms with Gasteiger partial charge in [0.15, 0.2) is 0 Å². The molecular weight excluding hydrogens is 240 g/mol. The molecule has 3 rings (SSSR count). The highest BCUT2D eigenvalue weighted by molar-refractivity contribution is 6.18. The number of rotatable bonds is 4. The van der Waals surface area contributed by atoms with Crippen molar-refractivity contribution in [2.45, 2.75) is 50.9 Å². The van der Waals surface area contributed by atoms with Crippen molar-refractivity contribution in [3.63, 3.8) is 0 Å². The minimum Gasteiger partial charge on any atom is -0.126 e. The van der Waals surface area contributed by atoms with Crippen LogP contribution in [0.25, 0.3) is 0 Å². The number of halogens is 1. The quantitative estimate of drug-likeness (QED) is 0.675. The first-order chi connectivity index (χ1) is 8.72. The first-order valence-electron chi connectivity index (χ1n) is 7.37. The zero-order valence-electron chi connectivity index (χ0n) is 11.3. The van der Waals surface area contributed by atoms with Crippen molar-refractivity contribution in [3.05, 3.63) is 35.4 Å². The van der Waals surface area contributed by atoms with E-state index < -0.39 is 0 Å². The molecule has 2 saturated carbocycles. The van der Waals surface area contributed by atoms with Gasteiger partial charge in [0.25, 0.3) is 0 Å². The predicted molar refractivity (Wildman–Crippen MR) is 78.3 cm³/mol. The fourth-order valence-electron chi connectivity index (χ4n) is 4.05. The van der Waals surface area contributed by atoms with E-state index in [0.29, 0.717) is 11.3 Å². The van der Waals surface area contributed by atoms with Crippen LogP contribution in [0.15, 0.2) is 24.3 Å². The summed E-state index contributed by atoms with van der Waals surface area (Å²) in [6.07, 6.45) is 8.34. The Bertz CT molecular complexity index is 398. The summed E-state index contributed by atoms with van der Waals surface area (Å²) in [5.41, 5.74) is 3.60. The average Bonchev–Trinajstić information content (AvgIpc) is 3.01. The fourth-order valence-corrected chi connectivity index (χ4v) is 4.16. The Morgan fingerprint density at radius 2 is 1.89 bits per heavy atom. The summed E-state index contributed by atoms with van der Waals surface area (Å²) < 4.78 is 0. The van der Waals surface area contributed by atoms with Gasteiger partial charge in [0.1, 0.15) is 0 Å². The maximum Gasteiger partial charge on any atom is 0.0252 e. The molecule has 2 aliphatic rings. The highest BCUT2D eigenvalue weighted by Gasteiger charge is 2.45. The minimum absolute atomic E-state index is 0.557. The first-order valence-corrected chi connectivity index (χ1v) is 7.91. The van der Waals surface area contributed by atoms with Crippen LogP contribution in [0.4, 0.5) is 0 Å². The lowest BCUT2D eigenvalue weighted by Crippen LogP contribution is -2.19. The van der Waals surface area contributed by atoms with Gasteiger partial charge < -0.3 is 0 Å². The highest BCUT2D eigenvalue weighted by atomic mass is 35.5. The Balaban J connectivity index is 1.75. The largest absolute Gasteiger partial charge is 0.126 e. The van der Waals surface area contributed by atoms with Gasteiger partial charge in [-0.05, 0) is 66.9 Å². The Kier molecular flexibility index (Phi) is 3.40. The van der Waals surface area contributed by atoms with Crippen LogP contribution in [0.5, 0.6) is 0 Å². The second kappa shape index (κ2) is 4.89. The van der Waals surface area contributed by atoms with Gasteiger partial charge in [-0.15, -0.1) is 11.6 Å². The van der Waals surface area contributed by atoms with Gasteiger partial charge in [0.2, 0.25) is 0 Å². The Hall–Kier alpha value is -0.490. The molecule has 2 aliphatic carbocycles. The van der Waals surface area contributed by atoms with Crippen molar-refractivity contribution in [2.75, 3.05) is 5.88 Å². The van der Waals surface area contributed by atoms with E-state index in [1.165, 1.54) is 37.7 Å². The lowest BCUT2D eigenvalue weighted by molar-refractivity contribution is 0.419. The lowest BCUT2D eigenvalue weighted by atomic mass is 9.77. The highest BCUT2D eigenvalue weighted by Crippen LogP contribution is 2.55. The summed E-state index contributed by atoms with van der Waals surface area (Å²) in [4.78, 5) is 0. The van der Waals surface area contributed by atoms with E-state index in [1.54, 1.807) is 5.56 Å². The van der Waals surface area contributed by atoms with Crippen LogP contribution in [0.3, 0.4) is 0 Å². The molecule has 98 valence electrons. The van der Waals surface area contributed by atoms with Crippen LogP contribution in [0.2, 0.25) is 0 Å². The Morgan fingerprint density at radius 1 is 1.22 bits per heavy atom. The van der Waals surface area contributed by atoms with Gasteiger partial charge in [0.05, 0.1) is 0 Å². The molecule has 2 bridgehead atoms. The van der Waals surface area contributed by atoms with Gasteiger partial charge in [-0.1, -0.05) is 31.2 Å². The summed E-state index contributed by atoms with van der Waals surface area (Å²) in [5.74, 6) is 2.37. The smallest absolute Gasteiger partial charge is 0.0252 e. The van der Waals surface area contributed by atoms with Crippen LogP contribution in [-0.4, -0.2) is 5.88 Å². The zero-order valence-corrected chi connectivity index (χ0v) is 12.0. The number of fused-ring (bicyclic) bond motifs is 2. The van der Waals surface area contributed by atoms with Crippen molar-refractivity contribution in [1.82, 2.24) is 0 Å². The lowest BCUT2D eigenvalue weighted by Gasteiger charge is -2.27. The molecule has 0 heterocycles. The third-order valence-electron chi connectivity index (χ3n) is 5.16. The molecule has 0 nitrogen and oxygen atoms in total. The standard InChI is InChI=1S/C17H23Cl/c1-13(12-18)10-14-2-4-16(5-3-14)17-8-6-15(11-17)7-9-17/h2-5,13,15H,6-12H2,1H3. The maximum absolute atomic E-state index is 5.89. The van der Waals surface area contributed by atoms with Crippen molar-refractivity contribution >= 4 is 11.6 Å². The number of benzene rings is 1. The molecule has 1 aromatic rings. The molecule has 0 aromatic heterocycles. The molecule has 0 saturated heterocycles. The summed E-state index contributed by atoms with van der Waals surface area (Å²) in [5, 5.41) is 0. The van der Waals surface area contributed by atoms with Crippen LogP contribution < -0.4 is 0 Å². The van der Waals surface area contributed by atoms with Crippen LogP contribution in [0.1, 0.15) is 50.2 Å². The third kappa shape index (κ3) is 2.20. The Labute approximate surface area is 116 Å². The Morgan fingerprint density at radius 3 is 2.39 bits per heavy atom. The molecule has 0 amide bonds. The number of hydrogen-bond donors (Lipinski definition) is 0. The first kappa shape index (κ1) is 12.5. The van der Waals surface area contributed by atoms with Crippen molar-refractivity contribution < 1.29 is 0 Å². The van der Waals surface area contributed by atoms with Crippen molar-refractivity contribution in [1.29, 1.82) is 0 Å². The molecular formula is C17H23Cl. The van der Waals surface area contributed by atoms with E-state index in [0.717, 1.165) is 18.2 Å². The molecule has 1 aromatic carbocycles. The predicted octanol–water partition coefficient (Wildman–Crippen LogP) is 4.94. The van der Waals surface area contributed by atoms with Gasteiger partial charge in [0, 0.05) is 5.88 Å². The summed E-state index contributed by atoms with van der Waals surface area (Å²) >= 11 is 5.89. The van der Waals surface area contributed by atoms with Gasteiger partial charge in [-0.2, -0.15) is 0 Å². The molecule has 1 heteroatoms. The SMILES string of the molecule is CC(CCl)Cc1ccc(C23CCC(CC2)C3)cc1. The molecule has 1 atom stereocenters. The van der Waals surface area contributed by atoms with Crippen molar-refractivity contribution in [2.24, 2.45) is 11.8 Å². The van der Waals surface area contributed by atoms with Crippen LogP contribution >= 0.6 is 11.6 Å². The maximum atomic E-state index is 5.89. The molecule has 0 N–H and O–H groups in total. The molecule has 18 heavy (non-hydrogen) atoms. The van der Waals surface area contributed by atoms with Gasteiger partial charge >= 0.3 is 0 Å². The van der Waals surface area contributed by atoms with E-state index in [-0.39, 0.29) is 0 Å². The van der Waals surface area contributed by atoms with E-state index in [9.17, 15) is 0 Å². The van der Waals surface area contributed by atoms with E-state index >= 15 is 0 Å². The van der Waals surface area contributed by atoms with Crippen LogP contribution in [0, 0.1) is 11.8 Å². The summed E-state index contributed by atoms with van der Waals surface area (Å²) in [6, 6.07) is 9.45. The second-order valence-corrected chi connectivity index (χ2v) is 6.90. The molecule has 0 aliphatic heterocycles. The minimum atomic E-state index is 0.557. The third-order valence-corrected chi connectivity index (χ3v) is 5.68. The topological polar surface area (TPSA) is 0 Å².